The zero-order valence-corrected chi connectivity index (χ0v) is 21.6. The molecule has 2 aliphatic heterocycles. The second-order valence-corrected chi connectivity index (χ2v) is 10.6. The summed E-state index contributed by atoms with van der Waals surface area (Å²) in [6.07, 6.45) is 3.28. The van der Waals surface area contributed by atoms with E-state index in [1.54, 1.807) is 24.8 Å². The van der Waals surface area contributed by atoms with Gasteiger partial charge in [0.15, 0.2) is 0 Å². The van der Waals surface area contributed by atoms with E-state index in [0.717, 1.165) is 53.9 Å². The number of ether oxygens (including phenoxy) is 2. The number of epoxide rings is 1. The van der Waals surface area contributed by atoms with Crippen molar-refractivity contribution in [3.05, 3.63) is 51.8 Å². The van der Waals surface area contributed by atoms with Gasteiger partial charge >= 0.3 is 0 Å². The molecule has 1 atom stereocenters. The van der Waals surface area contributed by atoms with Gasteiger partial charge in [-0.05, 0) is 49.1 Å². The molecule has 2 aliphatic rings. The molecule has 4 heterocycles. The minimum atomic E-state index is -0.708. The number of carbonyl (C=O) groups is 1. The number of pyridine rings is 1. The van der Waals surface area contributed by atoms with Gasteiger partial charge in [0.25, 0.3) is 5.91 Å². The van der Waals surface area contributed by atoms with Crippen LogP contribution in [0.25, 0.3) is 21.2 Å². The van der Waals surface area contributed by atoms with Gasteiger partial charge in [0.1, 0.15) is 11.9 Å². The number of rotatable bonds is 9. The van der Waals surface area contributed by atoms with Crippen LogP contribution in [0.5, 0.6) is 5.75 Å². The van der Waals surface area contributed by atoms with Crippen molar-refractivity contribution in [2.75, 3.05) is 46.4 Å². The number of hydrogen-bond acceptors (Lipinski definition) is 6. The molecule has 5 rings (SSSR count). The van der Waals surface area contributed by atoms with E-state index in [4.69, 9.17) is 9.47 Å². The zero-order valence-electron chi connectivity index (χ0n) is 20.7. The molecular formula is C27H32FN3O4S. The number of likely N-dealkylation sites (tertiary alicyclic amines) is 1. The molecule has 2 saturated heterocycles. The molecule has 9 heteroatoms. The highest BCUT2D eigenvalue weighted by Gasteiger charge is 2.27. The van der Waals surface area contributed by atoms with Gasteiger partial charge < -0.3 is 23.8 Å². The number of carbonyl (C=O) groups excluding carboxylic acids is 1. The van der Waals surface area contributed by atoms with Crippen molar-refractivity contribution < 1.29 is 18.7 Å². The summed E-state index contributed by atoms with van der Waals surface area (Å²) < 4.78 is 27.0. The molecule has 1 unspecified atom stereocenters. The molecule has 0 aliphatic carbocycles. The van der Waals surface area contributed by atoms with Crippen LogP contribution in [0.1, 0.15) is 28.9 Å². The monoisotopic (exact) mass is 513 g/mol. The summed E-state index contributed by atoms with van der Waals surface area (Å²) in [5, 5.41) is 0.882. The van der Waals surface area contributed by atoms with Crippen molar-refractivity contribution in [3.63, 3.8) is 0 Å². The van der Waals surface area contributed by atoms with Gasteiger partial charge in [-0.1, -0.05) is 0 Å². The van der Waals surface area contributed by atoms with Crippen LogP contribution in [0.15, 0.2) is 41.3 Å². The van der Waals surface area contributed by atoms with Gasteiger partial charge in [-0.2, -0.15) is 0 Å². The van der Waals surface area contributed by atoms with E-state index < -0.39 is 6.17 Å². The highest BCUT2D eigenvalue weighted by Crippen LogP contribution is 2.40. The third kappa shape index (κ3) is 5.48. The molecule has 2 fully saturated rings. The Morgan fingerprint density at radius 1 is 1.22 bits per heavy atom. The second-order valence-electron chi connectivity index (χ2n) is 9.59. The molecule has 0 N–H and O–H groups in total. The van der Waals surface area contributed by atoms with Gasteiger partial charge in [0, 0.05) is 67.7 Å². The Hall–Kier alpha value is -2.75. The Labute approximate surface area is 214 Å². The first-order valence-electron chi connectivity index (χ1n) is 12.5. The summed E-state index contributed by atoms with van der Waals surface area (Å²) in [6.45, 7) is 4.19. The predicted molar refractivity (Wildman–Crippen MR) is 140 cm³/mol. The first-order chi connectivity index (χ1) is 17.4. The lowest BCUT2D eigenvalue weighted by molar-refractivity contribution is 0.0713. The number of benzene rings is 1. The quantitative estimate of drug-likeness (QED) is 0.406. The van der Waals surface area contributed by atoms with E-state index in [2.05, 4.69) is 4.90 Å². The normalized spacial score (nSPS) is 18.5. The summed E-state index contributed by atoms with van der Waals surface area (Å²) in [4.78, 5) is 30.5. The SMILES string of the molecule is COc1ccc(-c2ccc(=O)n(C)c2)c2sc(C(=O)N(CCC3CO3)CCN3CCC(F)CC3)cc12. The summed E-state index contributed by atoms with van der Waals surface area (Å²) >= 11 is 1.45. The van der Waals surface area contributed by atoms with Gasteiger partial charge in [0.05, 0.1) is 24.7 Å². The average Bonchev–Trinajstić information content (AvgIpc) is 3.61. The number of aryl methyl sites for hydroxylation is 1. The highest BCUT2D eigenvalue weighted by molar-refractivity contribution is 7.21. The highest BCUT2D eigenvalue weighted by atomic mass is 32.1. The second kappa shape index (κ2) is 10.7. The summed E-state index contributed by atoms with van der Waals surface area (Å²) in [7, 11) is 3.36. The standard InChI is InChI=1S/C27H32FN3O4S/c1-29-16-18(3-6-25(29)32)21-4-5-23(34-2)22-15-24(36-26(21)22)27(33)31(12-9-20-17-35-20)14-13-30-10-7-19(28)8-11-30/h3-6,15-16,19-20H,7-14,17H2,1-2H3. The fourth-order valence-corrected chi connectivity index (χ4v) is 5.93. The van der Waals surface area contributed by atoms with Crippen LogP contribution < -0.4 is 10.3 Å². The molecule has 0 saturated carbocycles. The first kappa shape index (κ1) is 24.9. The number of thiophene rings is 1. The lowest BCUT2D eigenvalue weighted by atomic mass is 10.1. The lowest BCUT2D eigenvalue weighted by Gasteiger charge is -2.31. The van der Waals surface area contributed by atoms with E-state index in [0.29, 0.717) is 36.6 Å². The molecule has 1 aromatic carbocycles. The van der Waals surface area contributed by atoms with Crippen LogP contribution in [0.2, 0.25) is 0 Å². The maximum Gasteiger partial charge on any atom is 0.264 e. The number of halogens is 1. The molecule has 0 bridgehead atoms. The molecule has 2 aromatic heterocycles. The average molecular weight is 514 g/mol. The summed E-state index contributed by atoms with van der Waals surface area (Å²) in [6, 6.07) is 9.16. The van der Waals surface area contributed by atoms with Crippen molar-refractivity contribution in [2.24, 2.45) is 7.05 Å². The number of nitrogens with zero attached hydrogens (tertiary/aromatic N) is 3. The number of piperidine rings is 1. The molecule has 0 spiro atoms. The van der Waals surface area contributed by atoms with Crippen molar-refractivity contribution in [1.29, 1.82) is 0 Å². The van der Waals surface area contributed by atoms with Crippen LogP contribution >= 0.6 is 11.3 Å². The van der Waals surface area contributed by atoms with Crippen molar-refractivity contribution in [2.45, 2.75) is 31.5 Å². The summed E-state index contributed by atoms with van der Waals surface area (Å²) in [5.41, 5.74) is 1.79. The number of methoxy groups -OCH3 is 1. The third-order valence-electron chi connectivity index (χ3n) is 7.08. The molecule has 192 valence electrons. The Morgan fingerprint density at radius 2 is 2.00 bits per heavy atom. The Kier molecular flexibility index (Phi) is 7.41. The fraction of sp³-hybridized carbons (Fsp3) is 0.481. The minimum absolute atomic E-state index is 0.00862. The number of fused-ring (bicyclic) bond motifs is 1. The van der Waals surface area contributed by atoms with Gasteiger partial charge in [0.2, 0.25) is 5.56 Å². The van der Waals surface area contributed by atoms with Crippen LogP contribution in [0.4, 0.5) is 4.39 Å². The number of aromatic nitrogens is 1. The maximum absolute atomic E-state index is 13.7. The topological polar surface area (TPSA) is 67.3 Å². The number of alkyl halides is 1. The lowest BCUT2D eigenvalue weighted by Crippen LogP contribution is -2.42. The Bertz CT molecular complexity index is 1290. The Balaban J connectivity index is 1.43. The smallest absolute Gasteiger partial charge is 0.264 e. The minimum Gasteiger partial charge on any atom is -0.496 e. The predicted octanol–water partition coefficient (Wildman–Crippen LogP) is 3.94. The van der Waals surface area contributed by atoms with E-state index in [1.807, 2.05) is 35.4 Å². The van der Waals surface area contributed by atoms with Crippen molar-refractivity contribution in [1.82, 2.24) is 14.4 Å². The van der Waals surface area contributed by atoms with E-state index >= 15 is 0 Å². The first-order valence-corrected chi connectivity index (χ1v) is 13.3. The van der Waals surface area contributed by atoms with Crippen LogP contribution in [-0.2, 0) is 11.8 Å². The third-order valence-corrected chi connectivity index (χ3v) is 8.24. The van der Waals surface area contributed by atoms with Crippen molar-refractivity contribution >= 4 is 27.3 Å². The molecule has 36 heavy (non-hydrogen) atoms. The Morgan fingerprint density at radius 3 is 2.69 bits per heavy atom. The van der Waals surface area contributed by atoms with Crippen molar-refractivity contribution in [3.8, 4) is 16.9 Å². The molecular weight excluding hydrogens is 481 g/mol. The molecule has 7 nitrogen and oxygen atoms in total. The van der Waals surface area contributed by atoms with E-state index in [-0.39, 0.29) is 17.6 Å². The maximum atomic E-state index is 13.7. The van der Waals surface area contributed by atoms with Gasteiger partial charge in [-0.3, -0.25) is 9.59 Å². The number of amides is 1. The zero-order chi connectivity index (χ0) is 25.2. The van der Waals surface area contributed by atoms with Crippen LogP contribution in [-0.4, -0.2) is 79.0 Å². The van der Waals surface area contributed by atoms with Crippen LogP contribution in [0.3, 0.4) is 0 Å². The van der Waals surface area contributed by atoms with E-state index in [1.165, 1.54) is 11.3 Å². The molecule has 1 amide bonds. The van der Waals surface area contributed by atoms with Gasteiger partial charge in [-0.25, -0.2) is 4.39 Å². The van der Waals surface area contributed by atoms with E-state index in [9.17, 15) is 14.0 Å². The largest absolute Gasteiger partial charge is 0.496 e. The molecule has 0 radical (unpaired) electrons. The fourth-order valence-electron chi connectivity index (χ4n) is 4.76. The summed E-state index contributed by atoms with van der Waals surface area (Å²) in [5.74, 6) is 0.701. The van der Waals surface area contributed by atoms with Crippen LogP contribution in [0, 0.1) is 0 Å². The molecule has 3 aromatic rings. The van der Waals surface area contributed by atoms with Gasteiger partial charge in [-0.15, -0.1) is 11.3 Å². The number of hydrogen-bond donors (Lipinski definition) is 0.